The van der Waals surface area contributed by atoms with E-state index in [1.54, 1.807) is 34.6 Å². The first-order chi connectivity index (χ1) is 12.6. The number of carbonyl (C=O) groups is 2. The highest BCUT2D eigenvalue weighted by Gasteiger charge is 2.28. The van der Waals surface area contributed by atoms with Crippen LogP contribution in [0.25, 0.3) is 0 Å². The smallest absolute Gasteiger partial charge is 0.272 e. The van der Waals surface area contributed by atoms with Gasteiger partial charge < -0.3 is 9.80 Å². The number of rotatable bonds is 2. The second kappa shape index (κ2) is 7.19. The lowest BCUT2D eigenvalue weighted by atomic mass is 9.90. The molecule has 0 N–H and O–H groups in total. The Morgan fingerprint density at radius 2 is 1.85 bits per heavy atom. The number of aromatic nitrogens is 1. The Bertz CT molecular complexity index is 810. The van der Waals surface area contributed by atoms with Crippen LogP contribution in [0.5, 0.6) is 0 Å². The maximum atomic E-state index is 12.9. The third kappa shape index (κ3) is 3.38. The minimum Gasteiger partial charge on any atom is -0.334 e. The van der Waals surface area contributed by atoms with E-state index < -0.39 is 0 Å². The molecular formula is C20H23N3O2S. The van der Waals surface area contributed by atoms with Gasteiger partial charge in [0.15, 0.2) is 0 Å². The van der Waals surface area contributed by atoms with Gasteiger partial charge in [-0.3, -0.25) is 14.6 Å². The van der Waals surface area contributed by atoms with Crippen molar-refractivity contribution in [3.05, 3.63) is 51.5 Å². The molecule has 2 amide bonds. The molecule has 1 fully saturated rings. The molecule has 2 aliphatic rings. The molecule has 1 saturated heterocycles. The predicted octanol–water partition coefficient (Wildman–Crippen LogP) is 2.87. The van der Waals surface area contributed by atoms with Gasteiger partial charge in [0, 0.05) is 37.3 Å². The zero-order valence-electron chi connectivity index (χ0n) is 15.0. The number of hydrogen-bond donors (Lipinski definition) is 0. The van der Waals surface area contributed by atoms with E-state index in [-0.39, 0.29) is 11.8 Å². The van der Waals surface area contributed by atoms with Gasteiger partial charge in [0.25, 0.3) is 11.8 Å². The summed E-state index contributed by atoms with van der Waals surface area (Å²) in [5, 5.41) is 0. The van der Waals surface area contributed by atoms with Gasteiger partial charge in [0.2, 0.25) is 0 Å². The van der Waals surface area contributed by atoms with E-state index in [2.05, 4.69) is 18.0 Å². The molecule has 4 rings (SSSR count). The standard InChI is InChI=1S/C20H23N3O2S/c1-14-5-6-17-15(12-14)13-18(26-17)20(25)23-10-8-22(9-11-23)19(24)16-4-2-3-7-21-16/h2-4,7,13-14H,5-6,8-12H2,1H3/t14-/m1/s1. The molecule has 1 atom stereocenters. The Labute approximate surface area is 157 Å². The van der Waals surface area contributed by atoms with Gasteiger partial charge in [-0.05, 0) is 48.9 Å². The Hall–Kier alpha value is -2.21. The Morgan fingerprint density at radius 1 is 1.12 bits per heavy atom. The van der Waals surface area contributed by atoms with E-state index in [0.717, 1.165) is 17.7 Å². The molecule has 0 radical (unpaired) electrons. The molecular weight excluding hydrogens is 346 g/mol. The van der Waals surface area contributed by atoms with Crippen molar-refractivity contribution < 1.29 is 9.59 Å². The lowest BCUT2D eigenvalue weighted by molar-refractivity contribution is 0.0535. The first kappa shape index (κ1) is 17.2. The molecule has 0 unspecified atom stereocenters. The van der Waals surface area contributed by atoms with Crippen LogP contribution in [0.4, 0.5) is 0 Å². The minimum absolute atomic E-state index is 0.0572. The fourth-order valence-corrected chi connectivity index (χ4v) is 4.91. The molecule has 136 valence electrons. The second-order valence-electron chi connectivity index (χ2n) is 7.21. The summed E-state index contributed by atoms with van der Waals surface area (Å²) in [6, 6.07) is 7.45. The van der Waals surface area contributed by atoms with Crippen LogP contribution in [-0.4, -0.2) is 52.8 Å². The molecule has 6 heteroatoms. The monoisotopic (exact) mass is 369 g/mol. The third-order valence-electron chi connectivity index (χ3n) is 5.28. The van der Waals surface area contributed by atoms with Gasteiger partial charge in [0.05, 0.1) is 4.88 Å². The molecule has 0 spiro atoms. The second-order valence-corrected chi connectivity index (χ2v) is 8.34. The average Bonchev–Trinajstić information content (AvgIpc) is 3.11. The molecule has 0 saturated carbocycles. The number of piperazine rings is 1. The predicted molar refractivity (Wildman–Crippen MR) is 102 cm³/mol. The lowest BCUT2D eigenvalue weighted by Gasteiger charge is -2.34. The summed E-state index contributed by atoms with van der Waals surface area (Å²) in [4.78, 5) is 35.4. The van der Waals surface area contributed by atoms with Crippen LogP contribution in [0.2, 0.25) is 0 Å². The number of amides is 2. The summed E-state index contributed by atoms with van der Waals surface area (Å²) in [5.74, 6) is 0.765. The van der Waals surface area contributed by atoms with E-state index in [0.29, 0.717) is 37.8 Å². The highest BCUT2D eigenvalue weighted by Crippen LogP contribution is 2.32. The van der Waals surface area contributed by atoms with Crippen molar-refractivity contribution in [2.75, 3.05) is 26.2 Å². The Balaban J connectivity index is 1.39. The SMILES string of the molecule is C[C@@H]1CCc2sc(C(=O)N3CCN(C(=O)c4ccccn4)CC3)cc2C1. The summed E-state index contributed by atoms with van der Waals surface area (Å²) in [6.07, 6.45) is 5.04. The van der Waals surface area contributed by atoms with Crippen molar-refractivity contribution in [1.82, 2.24) is 14.8 Å². The van der Waals surface area contributed by atoms with Crippen molar-refractivity contribution in [2.45, 2.75) is 26.2 Å². The van der Waals surface area contributed by atoms with Crippen molar-refractivity contribution in [2.24, 2.45) is 5.92 Å². The van der Waals surface area contributed by atoms with Gasteiger partial charge in [-0.2, -0.15) is 0 Å². The maximum Gasteiger partial charge on any atom is 0.272 e. The summed E-state index contributed by atoms with van der Waals surface area (Å²) < 4.78 is 0. The third-order valence-corrected chi connectivity index (χ3v) is 6.50. The number of fused-ring (bicyclic) bond motifs is 1. The van der Waals surface area contributed by atoms with E-state index in [9.17, 15) is 9.59 Å². The molecule has 0 aromatic carbocycles. The molecule has 1 aliphatic heterocycles. The van der Waals surface area contributed by atoms with E-state index in [4.69, 9.17) is 0 Å². The van der Waals surface area contributed by atoms with Crippen molar-refractivity contribution in [1.29, 1.82) is 0 Å². The van der Waals surface area contributed by atoms with Gasteiger partial charge in [0.1, 0.15) is 5.69 Å². The van der Waals surface area contributed by atoms with Gasteiger partial charge in [-0.25, -0.2) is 0 Å². The number of nitrogens with zero attached hydrogens (tertiary/aromatic N) is 3. The maximum absolute atomic E-state index is 12.9. The number of aryl methyl sites for hydroxylation is 1. The summed E-state index contributed by atoms with van der Waals surface area (Å²) >= 11 is 1.66. The zero-order valence-corrected chi connectivity index (χ0v) is 15.8. The van der Waals surface area contributed by atoms with E-state index in [1.165, 1.54) is 16.9 Å². The normalized spacial score (nSPS) is 20.0. The van der Waals surface area contributed by atoms with E-state index >= 15 is 0 Å². The number of hydrogen-bond acceptors (Lipinski definition) is 4. The van der Waals surface area contributed by atoms with Crippen molar-refractivity contribution in [3.8, 4) is 0 Å². The molecule has 26 heavy (non-hydrogen) atoms. The quantitative estimate of drug-likeness (QED) is 0.818. The van der Waals surface area contributed by atoms with Gasteiger partial charge >= 0.3 is 0 Å². The number of thiophene rings is 1. The van der Waals surface area contributed by atoms with Crippen LogP contribution in [0.15, 0.2) is 30.5 Å². The summed E-state index contributed by atoms with van der Waals surface area (Å²) in [6.45, 7) is 4.55. The molecule has 5 nitrogen and oxygen atoms in total. The topological polar surface area (TPSA) is 53.5 Å². The van der Waals surface area contributed by atoms with Crippen LogP contribution in [-0.2, 0) is 12.8 Å². The fourth-order valence-electron chi connectivity index (χ4n) is 3.73. The summed E-state index contributed by atoms with van der Waals surface area (Å²) in [5.41, 5.74) is 1.83. The first-order valence-corrected chi connectivity index (χ1v) is 10.0. The number of pyridine rings is 1. The zero-order chi connectivity index (χ0) is 18.1. The van der Waals surface area contributed by atoms with Crippen molar-refractivity contribution >= 4 is 23.2 Å². The largest absolute Gasteiger partial charge is 0.334 e. The lowest BCUT2D eigenvalue weighted by Crippen LogP contribution is -2.50. The highest BCUT2D eigenvalue weighted by atomic mass is 32.1. The highest BCUT2D eigenvalue weighted by molar-refractivity contribution is 7.14. The van der Waals surface area contributed by atoms with Crippen molar-refractivity contribution in [3.63, 3.8) is 0 Å². The summed E-state index contributed by atoms with van der Waals surface area (Å²) in [7, 11) is 0. The molecule has 0 bridgehead atoms. The van der Waals surface area contributed by atoms with Gasteiger partial charge in [-0.1, -0.05) is 13.0 Å². The molecule has 1 aliphatic carbocycles. The van der Waals surface area contributed by atoms with Crippen LogP contribution in [0, 0.1) is 5.92 Å². The van der Waals surface area contributed by atoms with Crippen LogP contribution in [0.3, 0.4) is 0 Å². The average molecular weight is 369 g/mol. The molecule has 2 aromatic heterocycles. The molecule has 2 aromatic rings. The Morgan fingerprint density at radius 3 is 2.54 bits per heavy atom. The van der Waals surface area contributed by atoms with Crippen LogP contribution in [0.1, 0.15) is 43.9 Å². The van der Waals surface area contributed by atoms with E-state index in [1.807, 2.05) is 11.0 Å². The van der Waals surface area contributed by atoms with Crippen LogP contribution < -0.4 is 0 Å². The first-order valence-electron chi connectivity index (χ1n) is 9.23. The fraction of sp³-hybridized carbons (Fsp3) is 0.450. The Kier molecular flexibility index (Phi) is 4.76. The molecule has 3 heterocycles. The van der Waals surface area contributed by atoms with Crippen LogP contribution >= 0.6 is 11.3 Å². The number of carbonyl (C=O) groups excluding carboxylic acids is 2. The minimum atomic E-state index is -0.0572. The van der Waals surface area contributed by atoms with Gasteiger partial charge in [-0.15, -0.1) is 11.3 Å².